The van der Waals surface area contributed by atoms with E-state index in [9.17, 15) is 4.79 Å². The van der Waals surface area contributed by atoms with Gasteiger partial charge in [-0.05, 0) is 44.4 Å². The molecule has 3 rings (SSSR count). The van der Waals surface area contributed by atoms with Gasteiger partial charge in [-0.2, -0.15) is 0 Å². The largest absolute Gasteiger partial charge is 0.370 e. The average molecular weight is 362 g/mol. The topological polar surface area (TPSA) is 58.4 Å². The van der Waals surface area contributed by atoms with Crippen LogP contribution in [0.2, 0.25) is 5.02 Å². The number of carbonyl (C=O) groups is 1. The summed E-state index contributed by atoms with van der Waals surface area (Å²) in [5, 5.41) is 7.59. The number of hydrogen-bond acceptors (Lipinski definition) is 4. The highest BCUT2D eigenvalue weighted by molar-refractivity contribution is 6.31. The Morgan fingerprint density at radius 1 is 1.28 bits per heavy atom. The highest BCUT2D eigenvalue weighted by Crippen LogP contribution is 2.31. The number of nitrogens with one attached hydrogen (secondary N) is 1. The summed E-state index contributed by atoms with van der Waals surface area (Å²) in [6, 6.07) is 5.68. The fourth-order valence-corrected chi connectivity index (χ4v) is 3.50. The van der Waals surface area contributed by atoms with Crippen LogP contribution in [0.3, 0.4) is 0 Å². The van der Waals surface area contributed by atoms with Crippen LogP contribution in [-0.2, 0) is 6.42 Å². The second-order valence-corrected chi connectivity index (χ2v) is 6.87. The molecular weight excluding hydrogens is 338 g/mol. The Labute approximate surface area is 153 Å². The molecule has 1 N–H and O–H groups in total. The fraction of sp³-hybridized carbons (Fsp3) is 0.474. The highest BCUT2D eigenvalue weighted by Gasteiger charge is 2.21. The van der Waals surface area contributed by atoms with Gasteiger partial charge in [-0.15, -0.1) is 0 Å². The number of halogens is 1. The van der Waals surface area contributed by atoms with Crippen molar-refractivity contribution in [2.45, 2.75) is 46.0 Å². The molecule has 2 heterocycles. The number of hydrogen-bond donors (Lipinski definition) is 1. The second kappa shape index (κ2) is 7.91. The Morgan fingerprint density at radius 3 is 2.68 bits per heavy atom. The molecule has 5 nitrogen and oxygen atoms in total. The standard InChI is InChI=1S/C19H24ClN3O2/c1-3-15-18(13(2)25-22-15)19(24)21-16-12-14(20)8-9-17(16)23-10-6-4-5-7-11-23/h8-9,12H,3-7,10-11H2,1-2H3,(H,21,24). The minimum absolute atomic E-state index is 0.200. The van der Waals surface area contributed by atoms with Crippen LogP contribution >= 0.6 is 11.6 Å². The van der Waals surface area contributed by atoms with Crippen LogP contribution in [0.5, 0.6) is 0 Å². The summed E-state index contributed by atoms with van der Waals surface area (Å²) < 4.78 is 5.18. The summed E-state index contributed by atoms with van der Waals surface area (Å²) >= 11 is 6.19. The SMILES string of the molecule is CCc1noc(C)c1C(=O)Nc1cc(Cl)ccc1N1CCCCCC1. The van der Waals surface area contributed by atoms with E-state index in [1.54, 1.807) is 6.92 Å². The summed E-state index contributed by atoms with van der Waals surface area (Å²) in [5.74, 6) is 0.335. The van der Waals surface area contributed by atoms with Crippen LogP contribution in [0.1, 0.15) is 54.4 Å². The fourth-order valence-electron chi connectivity index (χ4n) is 3.33. The van der Waals surface area contributed by atoms with Crippen LogP contribution in [0.15, 0.2) is 22.7 Å². The predicted octanol–water partition coefficient (Wildman–Crippen LogP) is 4.83. The number of aromatic nitrogens is 1. The lowest BCUT2D eigenvalue weighted by Gasteiger charge is -2.25. The van der Waals surface area contributed by atoms with Gasteiger partial charge in [0.15, 0.2) is 0 Å². The molecule has 0 spiro atoms. The van der Waals surface area contributed by atoms with Crippen molar-refractivity contribution < 1.29 is 9.32 Å². The van der Waals surface area contributed by atoms with Crippen molar-refractivity contribution in [3.8, 4) is 0 Å². The third-order valence-electron chi connectivity index (χ3n) is 4.65. The summed E-state index contributed by atoms with van der Waals surface area (Å²) in [4.78, 5) is 15.2. The molecular formula is C19H24ClN3O2. The van der Waals surface area contributed by atoms with Gasteiger partial charge in [0.25, 0.3) is 5.91 Å². The molecule has 1 aliphatic rings. The van der Waals surface area contributed by atoms with Crippen LogP contribution < -0.4 is 10.2 Å². The molecule has 1 aromatic heterocycles. The number of amides is 1. The van der Waals surface area contributed by atoms with Gasteiger partial charge in [0, 0.05) is 18.1 Å². The molecule has 1 amide bonds. The molecule has 0 saturated carbocycles. The molecule has 1 saturated heterocycles. The first kappa shape index (κ1) is 17.8. The van der Waals surface area contributed by atoms with Crippen molar-refractivity contribution in [1.29, 1.82) is 0 Å². The minimum atomic E-state index is -0.200. The number of carbonyl (C=O) groups excluding carboxylic acids is 1. The Morgan fingerprint density at radius 2 is 2.00 bits per heavy atom. The average Bonchev–Trinajstić information content (AvgIpc) is 2.79. The Kier molecular flexibility index (Phi) is 5.63. The molecule has 0 radical (unpaired) electrons. The Hall–Kier alpha value is -2.01. The van der Waals surface area contributed by atoms with E-state index in [0.29, 0.717) is 28.5 Å². The minimum Gasteiger partial charge on any atom is -0.370 e. The van der Waals surface area contributed by atoms with Crippen LogP contribution in [0, 0.1) is 6.92 Å². The number of rotatable bonds is 4. The molecule has 25 heavy (non-hydrogen) atoms. The zero-order valence-corrected chi connectivity index (χ0v) is 15.5. The molecule has 0 unspecified atom stereocenters. The van der Waals surface area contributed by atoms with Crippen molar-refractivity contribution in [3.05, 3.63) is 40.2 Å². The van der Waals surface area contributed by atoms with E-state index in [4.69, 9.17) is 16.1 Å². The van der Waals surface area contributed by atoms with Gasteiger partial charge in [-0.3, -0.25) is 4.79 Å². The van der Waals surface area contributed by atoms with Gasteiger partial charge in [0.2, 0.25) is 0 Å². The number of nitrogens with zero attached hydrogens (tertiary/aromatic N) is 2. The molecule has 0 atom stereocenters. The summed E-state index contributed by atoms with van der Waals surface area (Å²) in [6.07, 6.45) is 5.49. The van der Waals surface area contributed by atoms with Gasteiger partial charge in [0.1, 0.15) is 11.3 Å². The number of aryl methyl sites for hydroxylation is 2. The zero-order valence-electron chi connectivity index (χ0n) is 14.8. The van der Waals surface area contributed by atoms with Crippen molar-refractivity contribution >= 4 is 28.9 Å². The normalized spacial score (nSPS) is 15.1. The van der Waals surface area contributed by atoms with E-state index < -0.39 is 0 Å². The van der Waals surface area contributed by atoms with Crippen LogP contribution in [0.4, 0.5) is 11.4 Å². The summed E-state index contributed by atoms with van der Waals surface area (Å²) in [6.45, 7) is 5.71. The lowest BCUT2D eigenvalue weighted by Crippen LogP contribution is -2.26. The van der Waals surface area contributed by atoms with E-state index in [1.165, 1.54) is 25.7 Å². The summed E-state index contributed by atoms with van der Waals surface area (Å²) in [5.41, 5.74) is 2.95. The van der Waals surface area contributed by atoms with Crippen LogP contribution in [-0.4, -0.2) is 24.2 Å². The molecule has 1 aromatic carbocycles. The summed E-state index contributed by atoms with van der Waals surface area (Å²) in [7, 11) is 0. The first-order valence-corrected chi connectivity index (χ1v) is 9.29. The van der Waals surface area contributed by atoms with Crippen LogP contribution in [0.25, 0.3) is 0 Å². The van der Waals surface area contributed by atoms with Crippen molar-refractivity contribution in [2.24, 2.45) is 0 Å². The molecule has 134 valence electrons. The maximum absolute atomic E-state index is 12.8. The van der Waals surface area contributed by atoms with Gasteiger partial charge in [0.05, 0.1) is 17.1 Å². The quantitative estimate of drug-likeness (QED) is 0.847. The second-order valence-electron chi connectivity index (χ2n) is 6.43. The van der Waals surface area contributed by atoms with Gasteiger partial charge in [-0.1, -0.05) is 36.5 Å². The maximum atomic E-state index is 12.8. The number of benzene rings is 1. The molecule has 2 aromatic rings. The van der Waals surface area contributed by atoms with E-state index in [-0.39, 0.29) is 5.91 Å². The smallest absolute Gasteiger partial charge is 0.261 e. The predicted molar refractivity (Wildman–Crippen MR) is 101 cm³/mol. The first-order chi connectivity index (χ1) is 12.1. The van der Waals surface area contributed by atoms with Crippen molar-refractivity contribution in [2.75, 3.05) is 23.3 Å². The van der Waals surface area contributed by atoms with E-state index in [0.717, 1.165) is 24.5 Å². The molecule has 1 aliphatic heterocycles. The number of anilines is 2. The first-order valence-electron chi connectivity index (χ1n) is 8.91. The van der Waals surface area contributed by atoms with E-state index in [1.807, 2.05) is 25.1 Å². The molecule has 1 fully saturated rings. The van der Waals surface area contributed by atoms with Gasteiger partial charge in [-0.25, -0.2) is 0 Å². The Balaban J connectivity index is 1.89. The lowest BCUT2D eigenvalue weighted by atomic mass is 10.1. The third-order valence-corrected chi connectivity index (χ3v) is 4.88. The third kappa shape index (κ3) is 3.98. The monoisotopic (exact) mass is 361 g/mol. The van der Waals surface area contributed by atoms with Crippen molar-refractivity contribution in [3.63, 3.8) is 0 Å². The van der Waals surface area contributed by atoms with Crippen molar-refractivity contribution in [1.82, 2.24) is 5.16 Å². The van der Waals surface area contributed by atoms with E-state index in [2.05, 4.69) is 15.4 Å². The van der Waals surface area contributed by atoms with Gasteiger partial charge >= 0.3 is 0 Å². The molecule has 6 heteroatoms. The molecule has 0 bridgehead atoms. The highest BCUT2D eigenvalue weighted by atomic mass is 35.5. The maximum Gasteiger partial charge on any atom is 0.261 e. The lowest BCUT2D eigenvalue weighted by molar-refractivity contribution is 0.102. The van der Waals surface area contributed by atoms with Gasteiger partial charge < -0.3 is 14.7 Å². The van der Waals surface area contributed by atoms with E-state index >= 15 is 0 Å². The molecule has 0 aliphatic carbocycles. The Bertz CT molecular complexity index is 749. The zero-order chi connectivity index (χ0) is 17.8.